The molecule has 196 valence electrons. The minimum Gasteiger partial charge on any atom is -0.454 e. The zero-order valence-electron chi connectivity index (χ0n) is 20.3. The lowest BCUT2D eigenvalue weighted by atomic mass is 10.2. The van der Waals surface area contributed by atoms with Crippen LogP contribution in [0.3, 0.4) is 0 Å². The molecule has 1 aromatic heterocycles. The number of hydrogen-bond donors (Lipinski definition) is 1. The molecule has 0 spiro atoms. The molecule has 0 aliphatic carbocycles. The number of carbonyl (C=O) groups is 1. The van der Waals surface area contributed by atoms with E-state index in [4.69, 9.17) is 21.1 Å². The highest BCUT2D eigenvalue weighted by molar-refractivity contribution is 7.99. The highest BCUT2D eigenvalue weighted by Crippen LogP contribution is 2.37. The Bertz CT molecular complexity index is 1610. The van der Waals surface area contributed by atoms with Crippen molar-refractivity contribution in [3.8, 4) is 28.6 Å². The monoisotopic (exact) mass is 571 g/mol. The minimum atomic E-state index is -3.69. The molecule has 0 saturated carbocycles. The molecule has 0 fully saturated rings. The van der Waals surface area contributed by atoms with Gasteiger partial charge in [0.05, 0.1) is 21.4 Å². The Morgan fingerprint density at radius 1 is 1.05 bits per heavy atom. The van der Waals surface area contributed by atoms with E-state index < -0.39 is 10.0 Å². The van der Waals surface area contributed by atoms with Crippen LogP contribution in [0.4, 0.5) is 5.69 Å². The number of nitrogens with zero attached hydrogens (tertiary/aromatic N) is 4. The molecular formula is C25H22ClN5O5S2. The molecule has 5 rings (SSSR count). The van der Waals surface area contributed by atoms with Crippen molar-refractivity contribution in [1.82, 2.24) is 19.1 Å². The van der Waals surface area contributed by atoms with E-state index in [9.17, 15) is 13.2 Å². The number of carbonyl (C=O) groups excluding carboxylic acids is 1. The van der Waals surface area contributed by atoms with Crippen molar-refractivity contribution >= 4 is 45.0 Å². The third kappa shape index (κ3) is 5.20. The Morgan fingerprint density at radius 2 is 1.82 bits per heavy atom. The fourth-order valence-electron chi connectivity index (χ4n) is 3.68. The van der Waals surface area contributed by atoms with E-state index in [0.29, 0.717) is 22.5 Å². The predicted molar refractivity (Wildman–Crippen MR) is 145 cm³/mol. The SMILES string of the molecule is CN(C)S(=O)(=O)c1ccc(Cl)c(NC(=O)CSc2nnc(-c3ccc4c(c3)OCO4)n2-c2ccccc2)c1. The van der Waals surface area contributed by atoms with Gasteiger partial charge >= 0.3 is 0 Å². The van der Waals surface area contributed by atoms with E-state index in [2.05, 4.69) is 15.5 Å². The van der Waals surface area contributed by atoms with Crippen molar-refractivity contribution < 1.29 is 22.7 Å². The van der Waals surface area contributed by atoms with Crippen molar-refractivity contribution in [3.63, 3.8) is 0 Å². The van der Waals surface area contributed by atoms with Gasteiger partial charge in [-0.15, -0.1) is 10.2 Å². The Morgan fingerprint density at radius 3 is 2.58 bits per heavy atom. The summed E-state index contributed by atoms with van der Waals surface area (Å²) in [5, 5.41) is 12.1. The molecule has 1 amide bonds. The molecule has 0 bridgehead atoms. The molecule has 0 unspecified atom stereocenters. The van der Waals surface area contributed by atoms with Gasteiger partial charge in [0.1, 0.15) is 0 Å². The molecule has 0 radical (unpaired) electrons. The van der Waals surface area contributed by atoms with Gasteiger partial charge in [-0.3, -0.25) is 9.36 Å². The van der Waals surface area contributed by atoms with Crippen molar-refractivity contribution in [3.05, 3.63) is 71.8 Å². The first-order valence-electron chi connectivity index (χ1n) is 11.3. The Hall–Kier alpha value is -3.58. The first-order valence-corrected chi connectivity index (χ1v) is 14.1. The Balaban J connectivity index is 1.39. The number of rotatable bonds is 8. The van der Waals surface area contributed by atoms with Gasteiger partial charge in [-0.05, 0) is 48.5 Å². The molecule has 38 heavy (non-hydrogen) atoms. The van der Waals surface area contributed by atoms with Gasteiger partial charge in [-0.2, -0.15) is 0 Å². The molecule has 3 aromatic carbocycles. The molecular weight excluding hydrogens is 550 g/mol. The highest BCUT2D eigenvalue weighted by Gasteiger charge is 2.22. The molecule has 1 aliphatic heterocycles. The lowest BCUT2D eigenvalue weighted by Gasteiger charge is -2.14. The predicted octanol–water partition coefficient (Wildman–Crippen LogP) is 4.30. The van der Waals surface area contributed by atoms with Gasteiger partial charge in [0.15, 0.2) is 22.5 Å². The number of amides is 1. The van der Waals surface area contributed by atoms with E-state index in [1.54, 1.807) is 0 Å². The maximum Gasteiger partial charge on any atom is 0.242 e. The van der Waals surface area contributed by atoms with E-state index >= 15 is 0 Å². The fourth-order valence-corrected chi connectivity index (χ4v) is 5.53. The summed E-state index contributed by atoms with van der Waals surface area (Å²) in [6, 6.07) is 19.2. The molecule has 4 aromatic rings. The van der Waals surface area contributed by atoms with Crippen LogP contribution in [0.5, 0.6) is 11.5 Å². The lowest BCUT2D eigenvalue weighted by molar-refractivity contribution is -0.113. The molecule has 2 heterocycles. The number of para-hydroxylation sites is 1. The van der Waals surface area contributed by atoms with Crippen LogP contribution in [-0.2, 0) is 14.8 Å². The molecule has 10 nitrogen and oxygen atoms in total. The van der Waals surface area contributed by atoms with Gasteiger partial charge in [-0.1, -0.05) is 41.6 Å². The molecule has 1 aliphatic rings. The van der Waals surface area contributed by atoms with Crippen LogP contribution >= 0.6 is 23.4 Å². The fraction of sp³-hybridized carbons (Fsp3) is 0.160. The van der Waals surface area contributed by atoms with E-state index in [0.717, 1.165) is 15.6 Å². The number of fused-ring (bicyclic) bond motifs is 1. The number of ether oxygens (including phenoxy) is 2. The second kappa shape index (κ2) is 10.7. The maximum atomic E-state index is 12.8. The van der Waals surface area contributed by atoms with E-state index in [1.165, 1.54) is 44.1 Å². The number of hydrogen-bond acceptors (Lipinski definition) is 8. The smallest absolute Gasteiger partial charge is 0.242 e. The Kier molecular flexibility index (Phi) is 7.30. The zero-order valence-corrected chi connectivity index (χ0v) is 22.7. The summed E-state index contributed by atoms with van der Waals surface area (Å²) in [6.07, 6.45) is 0. The number of sulfonamides is 1. The van der Waals surface area contributed by atoms with Crippen molar-refractivity contribution in [2.24, 2.45) is 0 Å². The lowest BCUT2D eigenvalue weighted by Crippen LogP contribution is -2.22. The zero-order chi connectivity index (χ0) is 26.9. The van der Waals surface area contributed by atoms with Gasteiger partial charge in [0, 0.05) is 25.3 Å². The van der Waals surface area contributed by atoms with E-state index in [-0.39, 0.29) is 34.1 Å². The van der Waals surface area contributed by atoms with Crippen LogP contribution in [0.25, 0.3) is 17.1 Å². The van der Waals surface area contributed by atoms with Crippen LogP contribution in [0.2, 0.25) is 5.02 Å². The van der Waals surface area contributed by atoms with Gasteiger partial charge < -0.3 is 14.8 Å². The molecule has 0 saturated heterocycles. The van der Waals surface area contributed by atoms with Crippen molar-refractivity contribution in [2.75, 3.05) is 32.0 Å². The second-order valence-corrected chi connectivity index (χ2v) is 11.8. The minimum absolute atomic E-state index is 0.0204. The molecule has 13 heteroatoms. The Labute approximate surface area is 228 Å². The summed E-state index contributed by atoms with van der Waals surface area (Å²) in [4.78, 5) is 12.9. The standard InChI is InChI=1S/C25H22ClN5O5S2/c1-30(2)38(33,34)18-9-10-19(26)20(13-18)27-23(32)14-37-25-29-28-24(31(25)17-6-4-3-5-7-17)16-8-11-21-22(12-16)36-15-35-21/h3-13H,14-15H2,1-2H3,(H,27,32). The van der Waals surface area contributed by atoms with Crippen LogP contribution < -0.4 is 14.8 Å². The summed E-state index contributed by atoms with van der Waals surface area (Å²) in [7, 11) is -0.831. The topological polar surface area (TPSA) is 116 Å². The molecule has 0 atom stereocenters. The number of thioether (sulfide) groups is 1. The largest absolute Gasteiger partial charge is 0.454 e. The highest BCUT2D eigenvalue weighted by atomic mass is 35.5. The van der Waals surface area contributed by atoms with Gasteiger partial charge in [0.25, 0.3) is 0 Å². The number of aromatic nitrogens is 3. The quantitative estimate of drug-likeness (QED) is 0.311. The number of nitrogens with one attached hydrogen (secondary N) is 1. The van der Waals surface area contributed by atoms with Crippen LogP contribution in [0.15, 0.2) is 76.8 Å². The maximum absolute atomic E-state index is 12.8. The summed E-state index contributed by atoms with van der Waals surface area (Å²) in [6.45, 7) is 0.161. The third-order valence-corrected chi connectivity index (χ3v) is 8.67. The average molecular weight is 572 g/mol. The normalized spacial score (nSPS) is 12.6. The first kappa shape index (κ1) is 26.0. The van der Waals surface area contributed by atoms with Crippen LogP contribution in [0, 0.1) is 0 Å². The van der Waals surface area contributed by atoms with Gasteiger partial charge in [0.2, 0.25) is 22.7 Å². The van der Waals surface area contributed by atoms with Crippen LogP contribution in [-0.4, -0.2) is 60.0 Å². The van der Waals surface area contributed by atoms with Crippen molar-refractivity contribution in [1.29, 1.82) is 0 Å². The second-order valence-electron chi connectivity index (χ2n) is 8.31. The first-order chi connectivity index (χ1) is 18.2. The van der Waals surface area contributed by atoms with Crippen LogP contribution in [0.1, 0.15) is 0 Å². The third-order valence-electron chi connectivity index (χ3n) is 5.60. The summed E-state index contributed by atoms with van der Waals surface area (Å²) < 4.78 is 38.8. The summed E-state index contributed by atoms with van der Waals surface area (Å²) >= 11 is 7.41. The summed E-state index contributed by atoms with van der Waals surface area (Å²) in [5.74, 6) is 1.44. The van der Waals surface area contributed by atoms with E-state index in [1.807, 2.05) is 53.1 Å². The number of benzene rings is 3. The summed E-state index contributed by atoms with van der Waals surface area (Å²) in [5.41, 5.74) is 1.79. The van der Waals surface area contributed by atoms with Crippen molar-refractivity contribution in [2.45, 2.75) is 10.1 Å². The molecule has 1 N–H and O–H groups in total. The average Bonchev–Trinajstić information content (AvgIpc) is 3.55. The number of halogens is 1. The number of anilines is 1. The van der Waals surface area contributed by atoms with Gasteiger partial charge in [-0.25, -0.2) is 12.7 Å².